The van der Waals surface area contributed by atoms with Crippen molar-refractivity contribution >= 4 is 28.9 Å². The largest absolute Gasteiger partial charge is 0.416 e. The first kappa shape index (κ1) is 37.3. The Balaban J connectivity index is 2.17. The molecule has 244 valence electrons. The highest BCUT2D eigenvalue weighted by Gasteiger charge is 2.37. The second-order valence-corrected chi connectivity index (χ2v) is 10.8. The number of ether oxygens (including phenoxy) is 1. The van der Waals surface area contributed by atoms with Crippen molar-refractivity contribution in [2.45, 2.75) is 68.9 Å². The highest BCUT2D eigenvalue weighted by Crippen LogP contribution is 2.36. The highest BCUT2D eigenvalue weighted by atomic mass is 35.5. The van der Waals surface area contributed by atoms with Crippen LogP contribution < -0.4 is 5.32 Å². The lowest BCUT2D eigenvalue weighted by atomic mass is 9.87. The second kappa shape index (κ2) is 17.6. The van der Waals surface area contributed by atoms with Crippen LogP contribution >= 0.6 is 23.2 Å². The number of nitrogens with zero attached hydrogens (tertiary/aromatic N) is 2. The van der Waals surface area contributed by atoms with E-state index in [-0.39, 0.29) is 24.3 Å². The van der Waals surface area contributed by atoms with E-state index in [1.807, 2.05) is 6.92 Å². The number of benzene rings is 1. The van der Waals surface area contributed by atoms with Crippen LogP contribution in [-0.4, -0.2) is 66.4 Å². The standard InChI is InChI=1S/C28H37Cl2F6N3O4/c1-4-22(39(40)43-5-2)8-10-37-11-9-23(19-6-7-24(29)25(30)14-19)26(38-41-3)17-42-16-18-12-20(27(31,32)33)15-21(13-18)28(34,35)36/h6-7,12-15,22-25,37,40H,4-5,8-11,16-17H2,1-3H3/b38-26+. The molecule has 1 aromatic carbocycles. The third-order valence-electron chi connectivity index (χ3n) is 6.62. The Labute approximate surface area is 257 Å². The lowest BCUT2D eigenvalue weighted by Crippen LogP contribution is -2.35. The highest BCUT2D eigenvalue weighted by molar-refractivity contribution is 6.32. The summed E-state index contributed by atoms with van der Waals surface area (Å²) in [6.45, 7) is 4.27. The van der Waals surface area contributed by atoms with E-state index in [1.54, 1.807) is 25.2 Å². The number of hydrogen-bond acceptors (Lipinski definition) is 7. The molecule has 2 N–H and O–H groups in total. The van der Waals surface area contributed by atoms with Gasteiger partial charge in [0.15, 0.2) is 0 Å². The lowest BCUT2D eigenvalue weighted by molar-refractivity contribution is -0.361. The predicted octanol–water partition coefficient (Wildman–Crippen LogP) is 7.36. The van der Waals surface area contributed by atoms with Crippen molar-refractivity contribution in [2.75, 3.05) is 33.4 Å². The molecule has 0 spiro atoms. The Morgan fingerprint density at radius 3 is 2.19 bits per heavy atom. The number of nitrogens with one attached hydrogen (secondary N) is 1. The minimum Gasteiger partial charge on any atom is -0.399 e. The summed E-state index contributed by atoms with van der Waals surface area (Å²) in [6.07, 6.45) is -2.95. The van der Waals surface area contributed by atoms with Crippen LogP contribution in [0.5, 0.6) is 0 Å². The smallest absolute Gasteiger partial charge is 0.399 e. The summed E-state index contributed by atoms with van der Waals surface area (Å²) < 4.78 is 85.2. The summed E-state index contributed by atoms with van der Waals surface area (Å²) in [6, 6.07) is 1.10. The predicted molar refractivity (Wildman–Crippen MR) is 152 cm³/mol. The molecule has 15 heteroatoms. The van der Waals surface area contributed by atoms with Gasteiger partial charge in [-0.3, -0.25) is 10.0 Å². The minimum atomic E-state index is -4.97. The van der Waals surface area contributed by atoms with Crippen molar-refractivity contribution in [1.82, 2.24) is 10.5 Å². The van der Waals surface area contributed by atoms with Crippen LogP contribution in [0.4, 0.5) is 26.3 Å². The fraction of sp³-hybridized carbons (Fsp3) is 0.607. The maximum Gasteiger partial charge on any atom is 0.416 e. The maximum absolute atomic E-state index is 13.3. The maximum atomic E-state index is 13.3. The molecule has 4 unspecified atom stereocenters. The molecule has 0 radical (unpaired) electrons. The summed E-state index contributed by atoms with van der Waals surface area (Å²) in [5.41, 5.74) is -2.04. The average Bonchev–Trinajstić information content (AvgIpc) is 2.93. The van der Waals surface area contributed by atoms with Crippen molar-refractivity contribution in [3.05, 3.63) is 58.7 Å². The molecule has 0 saturated heterocycles. The van der Waals surface area contributed by atoms with E-state index < -0.39 is 46.8 Å². The zero-order chi connectivity index (χ0) is 32.2. The van der Waals surface area contributed by atoms with Crippen molar-refractivity contribution in [3.63, 3.8) is 0 Å². The van der Waals surface area contributed by atoms with Crippen molar-refractivity contribution < 1.29 is 46.0 Å². The molecule has 0 saturated carbocycles. The number of oxime groups is 1. The van der Waals surface area contributed by atoms with Gasteiger partial charge in [0, 0.05) is 5.92 Å². The molecule has 1 aliphatic rings. The zero-order valence-corrected chi connectivity index (χ0v) is 25.5. The third kappa shape index (κ3) is 12.2. The number of rotatable bonds is 17. The minimum absolute atomic E-state index is 0.0660. The van der Waals surface area contributed by atoms with Crippen LogP contribution in [0.2, 0.25) is 0 Å². The van der Waals surface area contributed by atoms with Gasteiger partial charge in [-0.1, -0.05) is 35.5 Å². The number of hydrogen-bond donors (Lipinski definition) is 2. The van der Waals surface area contributed by atoms with E-state index >= 15 is 0 Å². The molecule has 0 fully saturated rings. The van der Waals surface area contributed by atoms with Gasteiger partial charge in [-0.15, -0.1) is 23.2 Å². The SMILES string of the molecule is CCON(O)C(CC)CCNCCC(C1=CC(Cl)C(Cl)C=C1)/C(COCc1cc(C(F)(F)F)cc(C(F)(F)F)c1)=N/OC. The molecular weight excluding hydrogens is 627 g/mol. The van der Waals surface area contributed by atoms with Crippen LogP contribution in [-0.2, 0) is 33.4 Å². The summed E-state index contributed by atoms with van der Waals surface area (Å²) in [5, 5.41) is 17.2. The van der Waals surface area contributed by atoms with Crippen LogP contribution in [0.1, 0.15) is 49.8 Å². The Kier molecular flexibility index (Phi) is 15.3. The number of halogens is 8. The molecule has 0 amide bonds. The number of hydroxylamine groups is 2. The quantitative estimate of drug-likeness (QED) is 0.0596. The Morgan fingerprint density at radius 2 is 1.65 bits per heavy atom. The molecular formula is C28H37Cl2F6N3O4. The molecule has 7 nitrogen and oxygen atoms in total. The van der Waals surface area contributed by atoms with Gasteiger partial charge < -0.3 is 14.9 Å². The Hall–Kier alpha value is -1.87. The Bertz CT molecular complexity index is 1070. The normalized spacial score (nSPS) is 19.5. The zero-order valence-electron chi connectivity index (χ0n) is 24.0. The molecule has 0 heterocycles. The van der Waals surface area contributed by atoms with Crippen molar-refractivity contribution in [3.8, 4) is 0 Å². The van der Waals surface area contributed by atoms with Gasteiger partial charge in [0.25, 0.3) is 0 Å². The molecule has 1 aliphatic carbocycles. The van der Waals surface area contributed by atoms with E-state index in [4.69, 9.17) is 37.6 Å². The van der Waals surface area contributed by atoms with Crippen LogP contribution in [0.3, 0.4) is 0 Å². The van der Waals surface area contributed by atoms with Crippen molar-refractivity contribution in [1.29, 1.82) is 0 Å². The average molecular weight is 665 g/mol. The van der Waals surface area contributed by atoms with Gasteiger partial charge in [0.05, 0.1) is 53.5 Å². The summed E-state index contributed by atoms with van der Waals surface area (Å²) in [5.74, 6) is -0.430. The van der Waals surface area contributed by atoms with Crippen molar-refractivity contribution in [2.24, 2.45) is 11.1 Å². The third-order valence-corrected chi connectivity index (χ3v) is 7.56. The topological polar surface area (TPSA) is 75.6 Å². The molecule has 2 rings (SSSR count). The van der Waals surface area contributed by atoms with Gasteiger partial charge in [-0.25, -0.2) is 0 Å². The van der Waals surface area contributed by atoms with Crippen LogP contribution in [0.15, 0.2) is 47.2 Å². The van der Waals surface area contributed by atoms with E-state index in [0.717, 1.165) is 10.8 Å². The van der Waals surface area contributed by atoms with Gasteiger partial charge in [0.1, 0.15) is 7.11 Å². The van der Waals surface area contributed by atoms with Gasteiger partial charge in [-0.2, -0.15) is 26.3 Å². The van der Waals surface area contributed by atoms with Crippen LogP contribution in [0, 0.1) is 5.92 Å². The molecule has 0 aliphatic heterocycles. The number of alkyl halides is 8. The first-order chi connectivity index (χ1) is 20.2. The fourth-order valence-electron chi connectivity index (χ4n) is 4.43. The van der Waals surface area contributed by atoms with E-state index in [9.17, 15) is 31.5 Å². The second-order valence-electron chi connectivity index (χ2n) is 9.75. The van der Waals surface area contributed by atoms with E-state index in [1.165, 1.54) is 7.11 Å². The molecule has 4 atom stereocenters. The molecule has 0 aromatic heterocycles. The monoisotopic (exact) mass is 663 g/mol. The van der Waals surface area contributed by atoms with Gasteiger partial charge >= 0.3 is 12.4 Å². The van der Waals surface area contributed by atoms with Crippen LogP contribution in [0.25, 0.3) is 0 Å². The molecule has 1 aromatic rings. The number of allylic oxidation sites excluding steroid dienone is 4. The lowest BCUT2D eigenvalue weighted by Gasteiger charge is -2.25. The van der Waals surface area contributed by atoms with Gasteiger partial charge in [-0.05, 0) is 68.6 Å². The van der Waals surface area contributed by atoms with E-state index in [2.05, 4.69) is 10.5 Å². The molecule has 0 bridgehead atoms. The van der Waals surface area contributed by atoms with Gasteiger partial charge in [0.2, 0.25) is 0 Å². The molecule has 43 heavy (non-hydrogen) atoms. The summed E-state index contributed by atoms with van der Waals surface area (Å²) in [7, 11) is 1.31. The fourth-order valence-corrected chi connectivity index (χ4v) is 4.81. The Morgan fingerprint density at radius 1 is 1.02 bits per heavy atom. The first-order valence-electron chi connectivity index (χ1n) is 13.7. The summed E-state index contributed by atoms with van der Waals surface area (Å²) >= 11 is 12.6. The van der Waals surface area contributed by atoms with E-state index in [0.29, 0.717) is 56.8 Å². The first-order valence-corrected chi connectivity index (χ1v) is 14.5. The summed E-state index contributed by atoms with van der Waals surface area (Å²) in [4.78, 5) is 10.1.